The molecule has 9 nitrogen and oxygen atoms in total. The number of likely N-dealkylation sites (N-methyl/N-ethyl adjacent to an activating group) is 1. The van der Waals surface area contributed by atoms with Crippen molar-refractivity contribution in [3.8, 4) is 11.5 Å². The van der Waals surface area contributed by atoms with Crippen molar-refractivity contribution in [2.45, 2.75) is 45.7 Å². The topological polar surface area (TPSA) is 105 Å². The maximum absolute atomic E-state index is 13.8. The van der Waals surface area contributed by atoms with Crippen molar-refractivity contribution in [1.82, 2.24) is 10.2 Å². The molecule has 1 heterocycles. The van der Waals surface area contributed by atoms with E-state index in [1.807, 2.05) is 68.4 Å². The zero-order valence-corrected chi connectivity index (χ0v) is 24.5. The largest absolute Gasteiger partial charge is 0.454 e. The van der Waals surface area contributed by atoms with E-state index in [0.29, 0.717) is 30.2 Å². The standard InChI is InChI=1S/C31H37N3O6S/c1-4-32-31(36)27(19-24-9-6-5-7-10-24)33(21-25-14-12-23(2)13-15-25)30(35)11-8-18-34(41(3,37)38)26-16-17-28-29(20-26)40-22-39-28/h5-7,9-10,12-17,20,27H,4,8,11,18-19,21-22H2,1-3H3,(H,32,36)/t27-/m0/s1. The third-order valence-electron chi connectivity index (χ3n) is 6.89. The van der Waals surface area contributed by atoms with Crippen molar-refractivity contribution in [2.75, 3.05) is 30.4 Å². The minimum Gasteiger partial charge on any atom is -0.454 e. The van der Waals surface area contributed by atoms with Gasteiger partial charge in [0.2, 0.25) is 28.6 Å². The minimum atomic E-state index is -3.64. The number of ether oxygens (including phenoxy) is 2. The molecule has 0 unspecified atom stereocenters. The Hall–Kier alpha value is -4.05. The molecule has 0 spiro atoms. The van der Waals surface area contributed by atoms with Crippen LogP contribution in [-0.2, 0) is 32.6 Å². The number of hydrogen-bond donors (Lipinski definition) is 1. The fourth-order valence-electron chi connectivity index (χ4n) is 4.78. The van der Waals surface area contributed by atoms with Gasteiger partial charge in [-0.3, -0.25) is 13.9 Å². The first-order chi connectivity index (χ1) is 19.7. The van der Waals surface area contributed by atoms with Crippen molar-refractivity contribution in [2.24, 2.45) is 0 Å². The van der Waals surface area contributed by atoms with Crippen molar-refractivity contribution in [3.05, 3.63) is 89.5 Å². The average molecular weight is 580 g/mol. The van der Waals surface area contributed by atoms with Gasteiger partial charge in [-0.15, -0.1) is 0 Å². The summed E-state index contributed by atoms with van der Waals surface area (Å²) in [5, 5.41) is 2.89. The molecule has 3 aromatic rings. The van der Waals surface area contributed by atoms with Crippen molar-refractivity contribution < 1.29 is 27.5 Å². The molecule has 41 heavy (non-hydrogen) atoms. The molecule has 0 bridgehead atoms. The van der Waals surface area contributed by atoms with Crippen LogP contribution >= 0.6 is 0 Å². The first-order valence-corrected chi connectivity index (χ1v) is 15.5. The highest BCUT2D eigenvalue weighted by Gasteiger charge is 2.30. The van der Waals surface area contributed by atoms with E-state index in [0.717, 1.165) is 22.9 Å². The Labute approximate surface area is 242 Å². The lowest BCUT2D eigenvalue weighted by Gasteiger charge is -2.32. The quantitative estimate of drug-likeness (QED) is 0.328. The lowest BCUT2D eigenvalue weighted by atomic mass is 10.0. The third kappa shape index (κ3) is 8.00. The molecule has 1 N–H and O–H groups in total. The summed E-state index contributed by atoms with van der Waals surface area (Å²) < 4.78 is 37.4. The molecule has 0 aliphatic carbocycles. The lowest BCUT2D eigenvalue weighted by molar-refractivity contribution is -0.141. The van der Waals surface area contributed by atoms with Gasteiger partial charge in [-0.25, -0.2) is 8.42 Å². The molecule has 0 fully saturated rings. The van der Waals surface area contributed by atoms with Crippen LogP contribution < -0.4 is 19.1 Å². The Morgan fingerprint density at radius 1 is 0.951 bits per heavy atom. The molecule has 4 rings (SSSR count). The first-order valence-electron chi connectivity index (χ1n) is 13.7. The van der Waals surface area contributed by atoms with Crippen LogP contribution in [0.5, 0.6) is 11.5 Å². The monoisotopic (exact) mass is 579 g/mol. The molecular formula is C31H37N3O6S. The van der Waals surface area contributed by atoms with Gasteiger partial charge >= 0.3 is 0 Å². The number of amides is 2. The highest BCUT2D eigenvalue weighted by atomic mass is 32.2. The molecule has 0 aromatic heterocycles. The number of fused-ring (bicyclic) bond motifs is 1. The maximum Gasteiger partial charge on any atom is 0.243 e. The van der Waals surface area contributed by atoms with Gasteiger partial charge in [-0.1, -0.05) is 60.2 Å². The Morgan fingerprint density at radius 3 is 2.34 bits per heavy atom. The Balaban J connectivity index is 1.55. The summed E-state index contributed by atoms with van der Waals surface area (Å²) >= 11 is 0. The van der Waals surface area contributed by atoms with E-state index in [1.54, 1.807) is 23.1 Å². The van der Waals surface area contributed by atoms with Crippen LogP contribution in [-0.4, -0.2) is 57.3 Å². The zero-order valence-electron chi connectivity index (χ0n) is 23.7. The molecular weight excluding hydrogens is 542 g/mol. The number of carbonyl (C=O) groups is 2. The van der Waals surface area contributed by atoms with Crippen LogP contribution in [0.25, 0.3) is 0 Å². The summed E-state index contributed by atoms with van der Waals surface area (Å²) in [4.78, 5) is 28.8. The highest BCUT2D eigenvalue weighted by Crippen LogP contribution is 2.36. The average Bonchev–Trinajstić information content (AvgIpc) is 3.42. The summed E-state index contributed by atoms with van der Waals surface area (Å²) in [6.45, 7) is 4.71. The van der Waals surface area contributed by atoms with Crippen LogP contribution in [0, 0.1) is 6.92 Å². The second kappa shape index (κ2) is 13.5. The van der Waals surface area contributed by atoms with Crippen molar-refractivity contribution in [1.29, 1.82) is 0 Å². The number of rotatable bonds is 13. The summed E-state index contributed by atoms with van der Waals surface area (Å²) in [6, 6.07) is 21.7. The van der Waals surface area contributed by atoms with E-state index >= 15 is 0 Å². The van der Waals surface area contributed by atoms with E-state index in [9.17, 15) is 18.0 Å². The smallest absolute Gasteiger partial charge is 0.243 e. The van der Waals surface area contributed by atoms with Crippen molar-refractivity contribution in [3.63, 3.8) is 0 Å². The fraction of sp³-hybridized carbons (Fsp3) is 0.355. The van der Waals surface area contributed by atoms with Gasteiger partial charge in [0.25, 0.3) is 0 Å². The third-order valence-corrected chi connectivity index (χ3v) is 8.09. The van der Waals surface area contributed by atoms with Gasteiger partial charge in [0.05, 0.1) is 11.9 Å². The number of aryl methyl sites for hydroxylation is 1. The molecule has 1 atom stereocenters. The molecule has 3 aromatic carbocycles. The minimum absolute atomic E-state index is 0.0626. The Morgan fingerprint density at radius 2 is 1.66 bits per heavy atom. The number of hydrogen-bond acceptors (Lipinski definition) is 6. The maximum atomic E-state index is 13.8. The van der Waals surface area contributed by atoms with Crippen LogP contribution in [0.2, 0.25) is 0 Å². The van der Waals surface area contributed by atoms with Gasteiger partial charge in [-0.05, 0) is 43.5 Å². The number of nitrogens with one attached hydrogen (secondary N) is 1. The van der Waals surface area contributed by atoms with Gasteiger partial charge < -0.3 is 19.7 Å². The van der Waals surface area contributed by atoms with Crippen LogP contribution in [0.15, 0.2) is 72.8 Å². The zero-order chi connectivity index (χ0) is 29.4. The highest BCUT2D eigenvalue weighted by molar-refractivity contribution is 7.92. The van der Waals surface area contributed by atoms with E-state index in [2.05, 4.69) is 5.32 Å². The predicted molar refractivity (Wildman–Crippen MR) is 158 cm³/mol. The van der Waals surface area contributed by atoms with Crippen molar-refractivity contribution >= 4 is 27.5 Å². The molecule has 1 aliphatic heterocycles. The molecule has 10 heteroatoms. The fourth-order valence-corrected chi connectivity index (χ4v) is 5.74. The molecule has 0 saturated carbocycles. The van der Waals surface area contributed by atoms with Gasteiger partial charge in [0.1, 0.15) is 6.04 Å². The van der Waals surface area contributed by atoms with Crippen LogP contribution in [0.4, 0.5) is 5.69 Å². The molecule has 1 aliphatic rings. The van der Waals surface area contributed by atoms with E-state index < -0.39 is 16.1 Å². The Bertz CT molecular complexity index is 1440. The summed E-state index contributed by atoms with van der Waals surface area (Å²) in [5.74, 6) is 0.577. The number of benzene rings is 3. The van der Waals surface area contributed by atoms with E-state index in [1.165, 1.54) is 4.31 Å². The van der Waals surface area contributed by atoms with Crippen LogP contribution in [0.1, 0.15) is 36.5 Å². The summed E-state index contributed by atoms with van der Waals surface area (Å²) in [6.07, 6.45) is 1.82. The Kier molecular flexibility index (Phi) is 9.88. The first kappa shape index (κ1) is 29.9. The van der Waals surface area contributed by atoms with E-state index in [-0.39, 0.29) is 44.5 Å². The second-order valence-electron chi connectivity index (χ2n) is 10.1. The SMILES string of the molecule is CCNC(=O)[C@H](Cc1ccccc1)N(Cc1ccc(C)cc1)C(=O)CCCN(c1ccc2c(c1)OCO2)S(C)(=O)=O. The number of sulfonamides is 1. The molecule has 2 amide bonds. The normalized spacial score (nSPS) is 13.0. The van der Waals surface area contributed by atoms with E-state index in [4.69, 9.17) is 9.47 Å². The summed E-state index contributed by atoms with van der Waals surface area (Å²) in [7, 11) is -3.64. The lowest BCUT2D eigenvalue weighted by Crippen LogP contribution is -2.50. The number of carbonyl (C=O) groups excluding carboxylic acids is 2. The second-order valence-corrected chi connectivity index (χ2v) is 12.0. The van der Waals surface area contributed by atoms with Gasteiger partial charge in [0, 0.05) is 38.5 Å². The predicted octanol–water partition coefficient (Wildman–Crippen LogP) is 4.05. The number of anilines is 1. The molecule has 0 radical (unpaired) electrons. The van der Waals surface area contributed by atoms with Gasteiger partial charge in [0.15, 0.2) is 11.5 Å². The molecule has 0 saturated heterocycles. The van der Waals surface area contributed by atoms with Crippen LogP contribution in [0.3, 0.4) is 0 Å². The number of nitrogens with zero attached hydrogens (tertiary/aromatic N) is 2. The summed E-state index contributed by atoms with van der Waals surface area (Å²) in [5.41, 5.74) is 3.38. The van der Waals surface area contributed by atoms with Gasteiger partial charge in [-0.2, -0.15) is 0 Å². The molecule has 218 valence electrons.